The topological polar surface area (TPSA) is 61.9 Å². The van der Waals surface area contributed by atoms with Crippen LogP contribution < -0.4 is 11.1 Å². The molecule has 74 valence electrons. The summed E-state index contributed by atoms with van der Waals surface area (Å²) in [4.78, 5) is 0. The molecule has 13 heavy (non-hydrogen) atoms. The van der Waals surface area contributed by atoms with Gasteiger partial charge in [-0.3, -0.25) is 5.41 Å². The van der Waals surface area contributed by atoms with E-state index in [1.165, 1.54) is 0 Å². The fourth-order valence-electron chi connectivity index (χ4n) is 1.60. The first-order valence-corrected chi connectivity index (χ1v) is 4.98. The average Bonchev–Trinajstić information content (AvgIpc) is 2.08. The van der Waals surface area contributed by atoms with Crippen molar-refractivity contribution in [3.63, 3.8) is 0 Å². The zero-order valence-corrected chi connectivity index (χ0v) is 8.62. The Morgan fingerprint density at radius 2 is 2.46 bits per heavy atom. The molecule has 1 aliphatic rings. The number of rotatable bonds is 3. The second kappa shape index (κ2) is 4.63. The molecule has 0 aliphatic heterocycles. The van der Waals surface area contributed by atoms with Crippen molar-refractivity contribution in [3.05, 3.63) is 11.3 Å². The van der Waals surface area contributed by atoms with Gasteiger partial charge in [-0.2, -0.15) is 0 Å². The standard InChI is InChI=1S/C9H16ClN3/c1-2-13-8-4-3-6(11)5-7(8)9(10)12/h6,12-13H,2-5,11H2,1H3. The van der Waals surface area contributed by atoms with Crippen LogP contribution in [0.4, 0.5) is 0 Å². The van der Waals surface area contributed by atoms with Crippen LogP contribution in [0, 0.1) is 5.41 Å². The largest absolute Gasteiger partial charge is 0.388 e. The Labute approximate surface area is 83.8 Å². The fourth-order valence-corrected chi connectivity index (χ4v) is 1.79. The van der Waals surface area contributed by atoms with E-state index in [4.69, 9.17) is 22.7 Å². The van der Waals surface area contributed by atoms with Gasteiger partial charge in [0.15, 0.2) is 0 Å². The van der Waals surface area contributed by atoms with Crippen molar-refractivity contribution >= 4 is 16.8 Å². The third-order valence-corrected chi connectivity index (χ3v) is 2.48. The molecule has 0 saturated heterocycles. The Morgan fingerprint density at radius 3 is 3.00 bits per heavy atom. The lowest BCUT2D eigenvalue weighted by Crippen LogP contribution is -2.30. The van der Waals surface area contributed by atoms with Crippen molar-refractivity contribution < 1.29 is 0 Å². The molecule has 4 heteroatoms. The number of nitrogens with one attached hydrogen (secondary N) is 2. The molecule has 4 N–H and O–H groups in total. The van der Waals surface area contributed by atoms with Gasteiger partial charge in [-0.05, 0) is 26.2 Å². The SMILES string of the molecule is CCNC1=C(C(=N)Cl)CC(N)CC1. The van der Waals surface area contributed by atoms with Crippen molar-refractivity contribution in [2.45, 2.75) is 32.2 Å². The van der Waals surface area contributed by atoms with E-state index in [1.807, 2.05) is 6.92 Å². The fraction of sp³-hybridized carbons (Fsp3) is 0.667. The predicted molar refractivity (Wildman–Crippen MR) is 56.1 cm³/mol. The zero-order chi connectivity index (χ0) is 9.84. The molecular weight excluding hydrogens is 186 g/mol. The number of allylic oxidation sites excluding steroid dienone is 1. The second-order valence-electron chi connectivity index (χ2n) is 3.30. The molecule has 0 bridgehead atoms. The van der Waals surface area contributed by atoms with E-state index in [2.05, 4.69) is 5.32 Å². The summed E-state index contributed by atoms with van der Waals surface area (Å²) in [5.74, 6) is 0. The molecule has 0 aromatic rings. The maximum Gasteiger partial charge on any atom is 0.125 e. The van der Waals surface area contributed by atoms with Gasteiger partial charge in [-0.1, -0.05) is 11.6 Å². The number of halogens is 1. The van der Waals surface area contributed by atoms with Crippen LogP contribution in [0.3, 0.4) is 0 Å². The van der Waals surface area contributed by atoms with Crippen molar-refractivity contribution in [1.82, 2.24) is 5.32 Å². The summed E-state index contributed by atoms with van der Waals surface area (Å²) in [6.07, 6.45) is 2.63. The molecule has 0 radical (unpaired) electrons. The summed E-state index contributed by atoms with van der Waals surface area (Å²) >= 11 is 5.68. The molecular formula is C9H16ClN3. The predicted octanol–water partition coefficient (Wildman–Crippen LogP) is 1.58. The zero-order valence-electron chi connectivity index (χ0n) is 7.86. The molecule has 0 amide bonds. The van der Waals surface area contributed by atoms with Crippen molar-refractivity contribution in [3.8, 4) is 0 Å². The molecule has 1 rings (SSSR count). The Kier molecular flexibility index (Phi) is 3.75. The third kappa shape index (κ3) is 2.71. The smallest absolute Gasteiger partial charge is 0.125 e. The van der Waals surface area contributed by atoms with Crippen LogP contribution in [0.2, 0.25) is 0 Å². The number of hydrogen-bond donors (Lipinski definition) is 3. The summed E-state index contributed by atoms with van der Waals surface area (Å²) in [6, 6.07) is 0.163. The Morgan fingerprint density at radius 1 is 1.77 bits per heavy atom. The molecule has 0 spiro atoms. The quantitative estimate of drug-likeness (QED) is 0.608. The van der Waals surface area contributed by atoms with E-state index in [0.29, 0.717) is 0 Å². The van der Waals surface area contributed by atoms with Crippen LogP contribution >= 0.6 is 11.6 Å². The molecule has 0 saturated carbocycles. The summed E-state index contributed by atoms with van der Waals surface area (Å²) in [5.41, 5.74) is 7.80. The van der Waals surface area contributed by atoms with E-state index < -0.39 is 0 Å². The maximum absolute atomic E-state index is 7.40. The van der Waals surface area contributed by atoms with Crippen LogP contribution in [0.25, 0.3) is 0 Å². The Hall–Kier alpha value is -0.540. The minimum atomic E-state index is 0.131. The van der Waals surface area contributed by atoms with E-state index in [1.54, 1.807) is 0 Å². The lowest BCUT2D eigenvalue weighted by atomic mass is 9.93. The molecule has 1 atom stereocenters. The van der Waals surface area contributed by atoms with Crippen molar-refractivity contribution in [2.75, 3.05) is 6.54 Å². The summed E-state index contributed by atoms with van der Waals surface area (Å²) in [6.45, 7) is 2.91. The summed E-state index contributed by atoms with van der Waals surface area (Å²) in [5, 5.41) is 10.8. The first-order valence-electron chi connectivity index (χ1n) is 4.61. The first-order chi connectivity index (χ1) is 6.15. The second-order valence-corrected chi connectivity index (χ2v) is 3.68. The van der Waals surface area contributed by atoms with E-state index >= 15 is 0 Å². The lowest BCUT2D eigenvalue weighted by molar-refractivity contribution is 0.556. The van der Waals surface area contributed by atoms with E-state index in [-0.39, 0.29) is 11.2 Å². The highest BCUT2D eigenvalue weighted by Crippen LogP contribution is 2.24. The Balaban J connectivity index is 2.80. The molecule has 3 nitrogen and oxygen atoms in total. The minimum Gasteiger partial charge on any atom is -0.388 e. The molecule has 0 aromatic heterocycles. The van der Waals surface area contributed by atoms with Gasteiger partial charge in [0.05, 0.1) is 0 Å². The normalized spacial score (nSPS) is 23.2. The monoisotopic (exact) mass is 201 g/mol. The number of hydrogen-bond acceptors (Lipinski definition) is 3. The lowest BCUT2D eigenvalue weighted by Gasteiger charge is -2.24. The van der Waals surface area contributed by atoms with Crippen molar-refractivity contribution in [1.29, 1.82) is 5.41 Å². The van der Waals surface area contributed by atoms with Gasteiger partial charge in [0.25, 0.3) is 0 Å². The molecule has 0 fully saturated rings. The maximum atomic E-state index is 7.40. The van der Waals surface area contributed by atoms with Crippen LogP contribution in [-0.2, 0) is 0 Å². The van der Waals surface area contributed by atoms with Crippen LogP contribution in [0.5, 0.6) is 0 Å². The van der Waals surface area contributed by atoms with Gasteiger partial charge in [-0.15, -0.1) is 0 Å². The van der Waals surface area contributed by atoms with Gasteiger partial charge in [0.1, 0.15) is 5.17 Å². The van der Waals surface area contributed by atoms with Gasteiger partial charge >= 0.3 is 0 Å². The third-order valence-electron chi connectivity index (χ3n) is 2.25. The van der Waals surface area contributed by atoms with Crippen LogP contribution in [-0.4, -0.2) is 17.8 Å². The van der Waals surface area contributed by atoms with Gasteiger partial charge in [0.2, 0.25) is 0 Å². The molecule has 1 unspecified atom stereocenters. The molecule has 1 aliphatic carbocycles. The van der Waals surface area contributed by atoms with E-state index in [9.17, 15) is 0 Å². The number of nitrogens with two attached hydrogens (primary N) is 1. The summed E-state index contributed by atoms with van der Waals surface area (Å²) < 4.78 is 0. The first kappa shape index (κ1) is 10.5. The highest BCUT2D eigenvalue weighted by Gasteiger charge is 2.19. The van der Waals surface area contributed by atoms with Crippen molar-refractivity contribution in [2.24, 2.45) is 5.73 Å². The summed E-state index contributed by atoms with van der Waals surface area (Å²) in [7, 11) is 0. The van der Waals surface area contributed by atoms with Crippen LogP contribution in [0.15, 0.2) is 11.3 Å². The minimum absolute atomic E-state index is 0.131. The molecule has 0 aromatic carbocycles. The van der Waals surface area contributed by atoms with Gasteiger partial charge in [0, 0.05) is 23.9 Å². The van der Waals surface area contributed by atoms with Crippen LogP contribution in [0.1, 0.15) is 26.2 Å². The van der Waals surface area contributed by atoms with E-state index in [0.717, 1.165) is 37.1 Å². The Bertz CT molecular complexity index is 235. The highest BCUT2D eigenvalue weighted by atomic mass is 35.5. The average molecular weight is 202 g/mol. The highest BCUT2D eigenvalue weighted by molar-refractivity contribution is 6.68. The van der Waals surface area contributed by atoms with Gasteiger partial charge in [-0.25, -0.2) is 0 Å². The van der Waals surface area contributed by atoms with Gasteiger partial charge < -0.3 is 11.1 Å². The molecule has 0 heterocycles.